The molecule has 3 saturated carbocycles. The first kappa shape index (κ1) is 21.1. The summed E-state index contributed by atoms with van der Waals surface area (Å²) in [5, 5.41) is 11.1. The normalized spacial score (nSPS) is 43.8. The van der Waals surface area contributed by atoms with E-state index in [1.807, 2.05) is 0 Å². The first-order valence-corrected chi connectivity index (χ1v) is 11.9. The number of ether oxygens (including phenoxy) is 1. The van der Waals surface area contributed by atoms with Crippen molar-refractivity contribution in [3.63, 3.8) is 0 Å². The lowest BCUT2D eigenvalue weighted by Crippen LogP contribution is -2.54. The zero-order valence-corrected chi connectivity index (χ0v) is 18.4. The van der Waals surface area contributed by atoms with Crippen LogP contribution in [0.1, 0.15) is 91.4 Å². The van der Waals surface area contributed by atoms with Gasteiger partial charge in [-0.3, -0.25) is 9.59 Å². The number of Topliss-reactive ketones (excluding diaryl/α,β-unsaturated/α-hetero) is 1. The Morgan fingerprint density at radius 2 is 1.86 bits per heavy atom. The van der Waals surface area contributed by atoms with Crippen molar-refractivity contribution in [2.45, 2.75) is 104 Å². The molecule has 0 aromatic carbocycles. The van der Waals surface area contributed by atoms with Gasteiger partial charge < -0.3 is 9.84 Å². The first-order valence-electron chi connectivity index (χ1n) is 11.9. The average Bonchev–Trinajstić information content (AvgIpc) is 2.98. The fourth-order valence-corrected chi connectivity index (χ4v) is 7.25. The number of esters is 1. The molecule has 7 atom stereocenters. The van der Waals surface area contributed by atoms with E-state index in [4.69, 9.17) is 4.74 Å². The van der Waals surface area contributed by atoms with E-state index < -0.39 is 6.10 Å². The number of rotatable bonds is 5. The van der Waals surface area contributed by atoms with Gasteiger partial charge in [0.2, 0.25) is 0 Å². The van der Waals surface area contributed by atoms with Gasteiger partial charge in [0.25, 0.3) is 0 Å². The van der Waals surface area contributed by atoms with Crippen LogP contribution in [-0.2, 0) is 14.3 Å². The molecule has 0 radical (unpaired) electrons. The summed E-state index contributed by atoms with van der Waals surface area (Å²) < 4.78 is 5.80. The van der Waals surface area contributed by atoms with Crippen LogP contribution in [0.2, 0.25) is 0 Å². The molecule has 0 heterocycles. The summed E-state index contributed by atoms with van der Waals surface area (Å²) in [4.78, 5) is 24.8. The molecule has 1 N–H and O–H groups in total. The number of fused-ring (bicyclic) bond motifs is 5. The number of hydrogen-bond donors (Lipinski definition) is 1. The van der Waals surface area contributed by atoms with Gasteiger partial charge in [-0.15, -0.1) is 0 Å². The predicted molar refractivity (Wildman–Crippen MR) is 112 cm³/mol. The largest absolute Gasteiger partial charge is 0.462 e. The van der Waals surface area contributed by atoms with E-state index in [2.05, 4.69) is 26.8 Å². The zero-order valence-electron chi connectivity index (χ0n) is 18.4. The molecule has 162 valence electrons. The van der Waals surface area contributed by atoms with E-state index >= 15 is 0 Å². The van der Waals surface area contributed by atoms with Gasteiger partial charge in [0.1, 0.15) is 11.9 Å². The van der Waals surface area contributed by atoms with E-state index in [9.17, 15) is 14.7 Å². The van der Waals surface area contributed by atoms with Crippen molar-refractivity contribution in [1.82, 2.24) is 0 Å². The maximum atomic E-state index is 12.6. The maximum absolute atomic E-state index is 12.6. The molecule has 4 unspecified atom stereocenters. The van der Waals surface area contributed by atoms with Gasteiger partial charge >= 0.3 is 5.97 Å². The van der Waals surface area contributed by atoms with Gasteiger partial charge in [0.05, 0.1) is 6.10 Å². The van der Waals surface area contributed by atoms with Crippen molar-refractivity contribution in [3.8, 4) is 0 Å². The minimum Gasteiger partial charge on any atom is -0.462 e. The molecule has 0 aromatic heterocycles. The average molecular weight is 403 g/mol. The van der Waals surface area contributed by atoms with E-state index in [1.165, 1.54) is 5.57 Å². The lowest BCUT2D eigenvalue weighted by Gasteiger charge is -2.58. The number of carbonyl (C=O) groups excluding carboxylic acids is 2. The molecular formula is C25H38O4. The van der Waals surface area contributed by atoms with Crippen LogP contribution in [0.4, 0.5) is 0 Å². The fraction of sp³-hybridized carbons (Fsp3) is 0.840. The molecule has 4 heteroatoms. The third kappa shape index (κ3) is 3.49. The Kier molecular flexibility index (Phi) is 5.69. The van der Waals surface area contributed by atoms with Crippen LogP contribution in [0, 0.1) is 28.6 Å². The molecule has 4 rings (SSSR count). The second kappa shape index (κ2) is 7.83. The highest BCUT2D eigenvalue weighted by Gasteiger charge is 2.60. The topological polar surface area (TPSA) is 63.6 Å². The Balaban J connectivity index is 1.49. The van der Waals surface area contributed by atoms with Crippen LogP contribution in [0.15, 0.2) is 11.6 Å². The highest BCUT2D eigenvalue weighted by molar-refractivity contribution is 5.87. The van der Waals surface area contributed by atoms with Crippen LogP contribution in [0.3, 0.4) is 0 Å². The van der Waals surface area contributed by atoms with Crippen molar-refractivity contribution in [2.75, 3.05) is 0 Å². The fourth-order valence-electron chi connectivity index (χ4n) is 7.25. The lowest BCUT2D eigenvalue weighted by molar-refractivity contribution is -0.152. The Hall–Kier alpha value is -1.16. The smallest absolute Gasteiger partial charge is 0.306 e. The molecule has 0 aliphatic heterocycles. The van der Waals surface area contributed by atoms with Gasteiger partial charge in [-0.1, -0.05) is 45.3 Å². The van der Waals surface area contributed by atoms with Gasteiger partial charge in [0.15, 0.2) is 0 Å². The second-order valence-corrected chi connectivity index (χ2v) is 10.6. The van der Waals surface area contributed by atoms with Crippen LogP contribution < -0.4 is 0 Å². The monoisotopic (exact) mass is 402 g/mol. The number of aliphatic hydroxyl groups excluding tert-OH is 1. The molecular weight excluding hydrogens is 364 g/mol. The SMILES string of the molecule is CCCCCC(=O)O[C@H]1CC[C@@]2(C)C(=CC(O)C3C2CC[C@]2(C)C(=O)CCC32)C1. The Morgan fingerprint density at radius 1 is 1.14 bits per heavy atom. The van der Waals surface area contributed by atoms with Crippen molar-refractivity contribution in [3.05, 3.63) is 11.6 Å². The number of aliphatic hydroxyl groups is 1. The number of carbonyl (C=O) groups is 2. The minimum atomic E-state index is -0.474. The zero-order chi connectivity index (χ0) is 20.8. The summed E-state index contributed by atoms with van der Waals surface area (Å²) in [7, 11) is 0. The van der Waals surface area contributed by atoms with Crippen molar-refractivity contribution in [1.29, 1.82) is 0 Å². The maximum Gasteiger partial charge on any atom is 0.306 e. The third-order valence-electron chi connectivity index (χ3n) is 9.08. The predicted octanol–water partition coefficient (Wildman–Crippen LogP) is 4.98. The number of hydrogen-bond acceptors (Lipinski definition) is 4. The number of unbranched alkanes of at least 4 members (excludes halogenated alkanes) is 2. The summed E-state index contributed by atoms with van der Waals surface area (Å²) in [6.07, 6.45) is 11.4. The van der Waals surface area contributed by atoms with E-state index in [0.717, 1.165) is 57.8 Å². The Bertz CT molecular complexity index is 697. The van der Waals surface area contributed by atoms with Gasteiger partial charge in [0, 0.05) is 24.7 Å². The molecule has 4 nitrogen and oxygen atoms in total. The second-order valence-electron chi connectivity index (χ2n) is 10.6. The molecule has 0 bridgehead atoms. The molecule has 0 aromatic rings. The molecule has 0 spiro atoms. The summed E-state index contributed by atoms with van der Waals surface area (Å²) in [5.74, 6) is 1.28. The van der Waals surface area contributed by atoms with Gasteiger partial charge in [-0.05, 0) is 61.7 Å². The molecule has 4 aliphatic rings. The summed E-state index contributed by atoms with van der Waals surface area (Å²) in [6.45, 7) is 6.64. The molecule has 4 aliphatic carbocycles. The van der Waals surface area contributed by atoms with Gasteiger partial charge in [-0.25, -0.2) is 0 Å². The Morgan fingerprint density at radius 3 is 2.62 bits per heavy atom. The summed E-state index contributed by atoms with van der Waals surface area (Å²) in [6, 6.07) is 0. The highest BCUT2D eigenvalue weighted by Crippen LogP contribution is 2.64. The summed E-state index contributed by atoms with van der Waals surface area (Å²) >= 11 is 0. The van der Waals surface area contributed by atoms with Crippen LogP contribution in [0.25, 0.3) is 0 Å². The van der Waals surface area contributed by atoms with E-state index in [1.54, 1.807) is 0 Å². The Labute approximate surface area is 175 Å². The number of ketones is 1. The quantitative estimate of drug-likeness (QED) is 0.400. The van der Waals surface area contributed by atoms with Crippen LogP contribution >= 0.6 is 0 Å². The van der Waals surface area contributed by atoms with E-state index in [0.29, 0.717) is 30.5 Å². The minimum absolute atomic E-state index is 0.0471. The van der Waals surface area contributed by atoms with Crippen molar-refractivity contribution >= 4 is 11.8 Å². The lowest BCUT2D eigenvalue weighted by atomic mass is 9.47. The van der Waals surface area contributed by atoms with Crippen molar-refractivity contribution in [2.24, 2.45) is 28.6 Å². The van der Waals surface area contributed by atoms with Crippen LogP contribution in [-0.4, -0.2) is 29.1 Å². The molecule has 29 heavy (non-hydrogen) atoms. The van der Waals surface area contributed by atoms with E-state index in [-0.39, 0.29) is 28.8 Å². The van der Waals surface area contributed by atoms with Crippen molar-refractivity contribution < 1.29 is 19.4 Å². The standard InChI is InChI=1S/C25H38O4/c1-4-5-6-7-22(28)29-17-10-12-24(2)16(14-17)15-20(26)23-18-8-9-21(27)25(18,3)13-11-19(23)24/h15,17-20,23,26H,4-14H2,1-3H3/t17-,18?,19?,20?,23?,24-,25-/m0/s1. The molecule has 0 saturated heterocycles. The van der Waals surface area contributed by atoms with Gasteiger partial charge in [-0.2, -0.15) is 0 Å². The molecule has 3 fully saturated rings. The highest BCUT2D eigenvalue weighted by atomic mass is 16.5. The molecule has 0 amide bonds. The first-order chi connectivity index (χ1) is 13.8. The van der Waals surface area contributed by atoms with Crippen LogP contribution in [0.5, 0.6) is 0 Å². The third-order valence-corrected chi connectivity index (χ3v) is 9.08. The summed E-state index contributed by atoms with van der Waals surface area (Å²) in [5.41, 5.74) is 1.13.